The van der Waals surface area contributed by atoms with Gasteiger partial charge in [0.2, 0.25) is 0 Å². The molecule has 0 heterocycles. The number of unbranched alkanes of at least 4 members (excludes halogenated alkanes) is 6. The van der Waals surface area contributed by atoms with Crippen LogP contribution in [0.2, 0.25) is 0 Å². The summed E-state index contributed by atoms with van der Waals surface area (Å²) in [5, 5.41) is 1.06. The number of hydrogen-bond donors (Lipinski definition) is 0. The summed E-state index contributed by atoms with van der Waals surface area (Å²) >= 11 is 0. The van der Waals surface area contributed by atoms with Crippen molar-refractivity contribution in [1.82, 2.24) is 0 Å². The molecule has 1 rings (SSSR count). The normalized spacial score (nSPS) is 11.9. The summed E-state index contributed by atoms with van der Waals surface area (Å²) in [5.41, 5.74) is 1.26. The molecule has 0 amide bonds. The Kier molecular flexibility index (Phi) is 19.7. The molecule has 0 aromatic heterocycles. The highest BCUT2D eigenvalue weighted by molar-refractivity contribution is 6.75. The Bertz CT molecular complexity index is 555. The highest BCUT2D eigenvalue weighted by Crippen LogP contribution is 2.17. The average Bonchev–Trinajstić information content (AvgIpc) is 2.86. The lowest BCUT2D eigenvalue weighted by Crippen LogP contribution is -2.59. The molecule has 0 radical (unpaired) electrons. The highest BCUT2D eigenvalue weighted by atomic mass is 28.4. The van der Waals surface area contributed by atoms with Gasteiger partial charge in [0.25, 0.3) is 0 Å². The molecule has 0 aliphatic carbocycles. The molecule has 34 heavy (non-hydrogen) atoms. The van der Waals surface area contributed by atoms with E-state index in [-0.39, 0.29) is 0 Å². The van der Waals surface area contributed by atoms with Gasteiger partial charge in [-0.15, -0.1) is 0 Å². The number of benzene rings is 1. The molecule has 1 aromatic carbocycles. The molecule has 1 aromatic rings. The van der Waals surface area contributed by atoms with E-state index in [2.05, 4.69) is 31.2 Å². The molecule has 0 aliphatic heterocycles. The third-order valence-electron chi connectivity index (χ3n) is 5.57. The zero-order valence-electron chi connectivity index (χ0n) is 22.3. The van der Waals surface area contributed by atoms with E-state index in [1.165, 1.54) is 44.1 Å². The molecule has 0 spiro atoms. The minimum absolute atomic E-state index is 0.426. The Hall–Kier alpha value is -0.803. The van der Waals surface area contributed by atoms with Crippen molar-refractivity contribution in [3.63, 3.8) is 0 Å². The van der Waals surface area contributed by atoms with Gasteiger partial charge in [-0.25, -0.2) is 0 Å². The summed E-state index contributed by atoms with van der Waals surface area (Å²) in [7, 11) is -3.19. The van der Waals surface area contributed by atoms with E-state index in [0.29, 0.717) is 59.5 Å². The fraction of sp³-hybridized carbons (Fsp3) is 0.778. The van der Waals surface area contributed by atoms with E-state index in [0.717, 1.165) is 18.0 Å². The molecule has 0 aliphatic rings. The lowest BCUT2D eigenvalue weighted by atomic mass is 10.0. The number of rotatable bonds is 24. The molecule has 7 heteroatoms. The summed E-state index contributed by atoms with van der Waals surface area (Å²) in [6.07, 6.45) is 10.00. The monoisotopic (exact) mass is 498 g/mol. The largest absolute Gasteiger partial charge is 0.537 e. The van der Waals surface area contributed by atoms with E-state index >= 15 is 0 Å². The lowest BCUT2D eigenvalue weighted by molar-refractivity contribution is 0.0119. The van der Waals surface area contributed by atoms with Gasteiger partial charge in [0.15, 0.2) is 0 Å². The first-order chi connectivity index (χ1) is 16.7. The first kappa shape index (κ1) is 31.2. The Morgan fingerprint density at radius 1 is 0.559 bits per heavy atom. The average molecular weight is 499 g/mol. The van der Waals surface area contributed by atoms with Crippen LogP contribution in [-0.4, -0.2) is 68.3 Å². The van der Waals surface area contributed by atoms with Gasteiger partial charge >= 0.3 is 8.80 Å². The van der Waals surface area contributed by atoms with Crippen molar-refractivity contribution in [1.29, 1.82) is 0 Å². The van der Waals surface area contributed by atoms with Crippen LogP contribution in [0.4, 0.5) is 0 Å². The standard InChI is InChI=1S/C27H50O6Si/c1-5-9-10-11-12-13-14-17-26-18-15-16-19-27(26)34(31-23-20-28-6-2,32-24-21-29-7-3)33-25-22-30-8-4/h15-16,18-19H,5-14,17,20-25H2,1-4H3. The molecule has 0 saturated heterocycles. The summed E-state index contributed by atoms with van der Waals surface area (Å²) in [6.45, 7) is 13.0. The summed E-state index contributed by atoms with van der Waals surface area (Å²) < 4.78 is 36.0. The van der Waals surface area contributed by atoms with Crippen LogP contribution in [0.5, 0.6) is 0 Å². The second kappa shape index (κ2) is 21.5. The molecule has 0 bridgehead atoms. The topological polar surface area (TPSA) is 55.4 Å². The Morgan fingerprint density at radius 3 is 1.53 bits per heavy atom. The van der Waals surface area contributed by atoms with Crippen LogP contribution in [0.3, 0.4) is 0 Å². The van der Waals surface area contributed by atoms with Crippen LogP contribution in [0, 0.1) is 0 Å². The van der Waals surface area contributed by atoms with Gasteiger partial charge in [0.05, 0.1) is 39.6 Å². The minimum atomic E-state index is -3.19. The smallest absolute Gasteiger partial charge is 0.379 e. The van der Waals surface area contributed by atoms with Gasteiger partial charge in [-0.3, -0.25) is 0 Å². The van der Waals surface area contributed by atoms with Gasteiger partial charge in [-0.1, -0.05) is 69.7 Å². The molecule has 0 atom stereocenters. The molecular formula is C27H50O6Si. The minimum Gasteiger partial charge on any atom is -0.379 e. The van der Waals surface area contributed by atoms with Gasteiger partial charge in [-0.2, -0.15) is 0 Å². The van der Waals surface area contributed by atoms with Crippen LogP contribution in [-0.2, 0) is 33.9 Å². The third kappa shape index (κ3) is 13.3. The maximum absolute atomic E-state index is 6.45. The van der Waals surface area contributed by atoms with Crippen molar-refractivity contribution >= 4 is 14.0 Å². The van der Waals surface area contributed by atoms with Crippen LogP contribution >= 0.6 is 0 Å². The van der Waals surface area contributed by atoms with Crippen LogP contribution in [0.1, 0.15) is 78.2 Å². The zero-order valence-corrected chi connectivity index (χ0v) is 23.3. The predicted octanol–water partition coefficient (Wildman–Crippen LogP) is 5.28. The molecular weight excluding hydrogens is 448 g/mol. The van der Waals surface area contributed by atoms with E-state index in [1.807, 2.05) is 20.8 Å². The van der Waals surface area contributed by atoms with Crippen molar-refractivity contribution in [3.05, 3.63) is 29.8 Å². The molecule has 0 saturated carbocycles. The fourth-order valence-electron chi connectivity index (χ4n) is 3.81. The molecule has 198 valence electrons. The number of aryl methyl sites for hydroxylation is 1. The van der Waals surface area contributed by atoms with Crippen molar-refractivity contribution in [2.24, 2.45) is 0 Å². The lowest BCUT2D eigenvalue weighted by Gasteiger charge is -2.31. The maximum atomic E-state index is 6.45. The second-order valence-electron chi connectivity index (χ2n) is 8.22. The van der Waals surface area contributed by atoms with Crippen molar-refractivity contribution < 1.29 is 27.5 Å². The van der Waals surface area contributed by atoms with Crippen molar-refractivity contribution in [3.8, 4) is 0 Å². The van der Waals surface area contributed by atoms with Crippen LogP contribution < -0.4 is 5.19 Å². The zero-order chi connectivity index (χ0) is 24.7. The first-order valence-corrected chi connectivity index (χ1v) is 15.2. The second-order valence-corrected chi connectivity index (χ2v) is 10.7. The van der Waals surface area contributed by atoms with Gasteiger partial charge in [0, 0.05) is 25.0 Å². The quantitative estimate of drug-likeness (QED) is 0.143. The van der Waals surface area contributed by atoms with Crippen LogP contribution in [0.25, 0.3) is 0 Å². The highest BCUT2D eigenvalue weighted by Gasteiger charge is 2.45. The molecule has 0 unspecified atom stereocenters. The number of ether oxygens (including phenoxy) is 3. The van der Waals surface area contributed by atoms with Crippen molar-refractivity contribution in [2.75, 3.05) is 59.5 Å². The van der Waals surface area contributed by atoms with Crippen molar-refractivity contribution in [2.45, 2.75) is 79.1 Å². The SMILES string of the molecule is CCCCCCCCCc1ccccc1[Si](OCCOCC)(OCCOCC)OCCOCC. The molecule has 0 N–H and O–H groups in total. The summed E-state index contributed by atoms with van der Waals surface area (Å²) in [4.78, 5) is 0. The summed E-state index contributed by atoms with van der Waals surface area (Å²) in [5.74, 6) is 0. The van der Waals surface area contributed by atoms with Crippen LogP contribution in [0.15, 0.2) is 24.3 Å². The van der Waals surface area contributed by atoms with Gasteiger partial charge in [-0.05, 0) is 39.2 Å². The number of hydrogen-bond acceptors (Lipinski definition) is 6. The molecule has 6 nitrogen and oxygen atoms in total. The fourth-order valence-corrected chi connectivity index (χ4v) is 6.48. The third-order valence-corrected chi connectivity index (χ3v) is 8.47. The maximum Gasteiger partial charge on any atom is 0.537 e. The molecule has 0 fully saturated rings. The Labute approximate surface area is 210 Å². The van der Waals surface area contributed by atoms with E-state index < -0.39 is 8.80 Å². The first-order valence-electron chi connectivity index (χ1n) is 13.5. The van der Waals surface area contributed by atoms with E-state index in [9.17, 15) is 0 Å². The van der Waals surface area contributed by atoms with E-state index in [1.54, 1.807) is 0 Å². The van der Waals surface area contributed by atoms with Gasteiger partial charge < -0.3 is 27.5 Å². The van der Waals surface area contributed by atoms with Gasteiger partial charge in [0.1, 0.15) is 0 Å². The van der Waals surface area contributed by atoms with E-state index in [4.69, 9.17) is 27.5 Å². The summed E-state index contributed by atoms with van der Waals surface area (Å²) in [6, 6.07) is 8.46. The Balaban J connectivity index is 2.98. The predicted molar refractivity (Wildman–Crippen MR) is 141 cm³/mol. The Morgan fingerprint density at radius 2 is 1.03 bits per heavy atom.